The molecule has 1 unspecified atom stereocenters. The quantitative estimate of drug-likeness (QED) is 0.857. The highest BCUT2D eigenvalue weighted by Gasteiger charge is 2.47. The van der Waals surface area contributed by atoms with Crippen LogP contribution < -0.4 is 10.5 Å². The molecule has 1 saturated heterocycles. The van der Waals surface area contributed by atoms with Crippen molar-refractivity contribution in [3.63, 3.8) is 0 Å². The van der Waals surface area contributed by atoms with Gasteiger partial charge in [0.2, 0.25) is 0 Å². The summed E-state index contributed by atoms with van der Waals surface area (Å²) in [5, 5.41) is 0. The van der Waals surface area contributed by atoms with E-state index in [4.69, 9.17) is 15.2 Å². The molecule has 0 spiro atoms. The third-order valence-corrected chi connectivity index (χ3v) is 4.49. The number of hydrogen-bond donors (Lipinski definition) is 1. The topological polar surface area (TPSA) is 44.5 Å². The van der Waals surface area contributed by atoms with Crippen LogP contribution in [0.3, 0.4) is 0 Å². The molecule has 1 atom stereocenters. The molecule has 0 aromatic heterocycles. The molecule has 0 saturated carbocycles. The Hall–Kier alpha value is -1.06. The summed E-state index contributed by atoms with van der Waals surface area (Å²) in [5.74, 6) is 1.41. The molecule has 1 fully saturated rings. The van der Waals surface area contributed by atoms with Crippen LogP contribution in [0, 0.1) is 5.92 Å². The molecule has 3 nitrogen and oxygen atoms in total. The molecule has 1 aliphatic heterocycles. The van der Waals surface area contributed by atoms with Crippen molar-refractivity contribution < 1.29 is 9.47 Å². The number of ether oxygens (including phenoxy) is 2. The molecule has 19 heavy (non-hydrogen) atoms. The normalized spacial score (nSPS) is 18.7. The molecule has 1 aromatic carbocycles. The maximum atomic E-state index is 5.98. The number of hydrogen-bond acceptors (Lipinski definition) is 3. The second-order valence-electron chi connectivity index (χ2n) is 5.38. The van der Waals surface area contributed by atoms with Crippen LogP contribution in [0.15, 0.2) is 18.2 Å². The van der Waals surface area contributed by atoms with E-state index in [0.29, 0.717) is 12.5 Å². The van der Waals surface area contributed by atoms with E-state index in [2.05, 4.69) is 32.0 Å². The Kier molecular flexibility index (Phi) is 4.48. The second kappa shape index (κ2) is 5.93. The Morgan fingerprint density at radius 2 is 2.11 bits per heavy atom. The van der Waals surface area contributed by atoms with Crippen LogP contribution >= 0.6 is 0 Å². The summed E-state index contributed by atoms with van der Waals surface area (Å²) in [4.78, 5) is 0. The largest absolute Gasteiger partial charge is 0.496 e. The fourth-order valence-electron chi connectivity index (χ4n) is 3.08. The first-order chi connectivity index (χ1) is 9.21. The molecular formula is C16H25NO2. The molecular weight excluding hydrogens is 238 g/mol. The SMILES string of the molecule is CCc1ccc(OC)c(C2(C(CC)CN)COC2)c1. The molecule has 106 valence electrons. The number of rotatable bonds is 6. The number of benzene rings is 1. The Labute approximate surface area is 116 Å². The Morgan fingerprint density at radius 3 is 2.53 bits per heavy atom. The molecule has 3 heteroatoms. The van der Waals surface area contributed by atoms with Gasteiger partial charge in [-0.15, -0.1) is 0 Å². The first-order valence-electron chi connectivity index (χ1n) is 7.17. The van der Waals surface area contributed by atoms with E-state index >= 15 is 0 Å². The smallest absolute Gasteiger partial charge is 0.122 e. The first kappa shape index (κ1) is 14.4. The monoisotopic (exact) mass is 263 g/mol. The van der Waals surface area contributed by atoms with Gasteiger partial charge in [0.05, 0.1) is 20.3 Å². The lowest BCUT2D eigenvalue weighted by Crippen LogP contribution is -2.54. The molecule has 2 N–H and O–H groups in total. The van der Waals surface area contributed by atoms with E-state index in [-0.39, 0.29) is 5.41 Å². The second-order valence-corrected chi connectivity index (χ2v) is 5.38. The minimum absolute atomic E-state index is 0.0417. The van der Waals surface area contributed by atoms with E-state index in [1.54, 1.807) is 7.11 Å². The summed E-state index contributed by atoms with van der Waals surface area (Å²) in [5.41, 5.74) is 8.64. The highest BCUT2D eigenvalue weighted by Crippen LogP contribution is 2.45. The molecule has 2 rings (SSSR count). The van der Waals surface area contributed by atoms with Gasteiger partial charge in [0, 0.05) is 11.0 Å². The van der Waals surface area contributed by atoms with E-state index in [1.165, 1.54) is 11.1 Å². The van der Waals surface area contributed by atoms with Gasteiger partial charge in [-0.1, -0.05) is 32.4 Å². The lowest BCUT2D eigenvalue weighted by Gasteiger charge is -2.47. The predicted octanol–water partition coefficient (Wildman–Crippen LogP) is 2.51. The predicted molar refractivity (Wildman–Crippen MR) is 77.7 cm³/mol. The van der Waals surface area contributed by atoms with Crippen molar-refractivity contribution in [2.75, 3.05) is 26.9 Å². The Balaban J connectivity index is 2.47. The van der Waals surface area contributed by atoms with Crippen LogP contribution in [0.2, 0.25) is 0 Å². The minimum atomic E-state index is 0.0417. The molecule has 0 radical (unpaired) electrons. The van der Waals surface area contributed by atoms with Crippen LogP contribution in [0.5, 0.6) is 5.75 Å². The zero-order valence-corrected chi connectivity index (χ0v) is 12.2. The average Bonchev–Trinajstić information content (AvgIpc) is 2.42. The van der Waals surface area contributed by atoms with Gasteiger partial charge in [0.15, 0.2) is 0 Å². The van der Waals surface area contributed by atoms with E-state index in [0.717, 1.165) is 31.8 Å². The van der Waals surface area contributed by atoms with Crippen molar-refractivity contribution >= 4 is 0 Å². The maximum absolute atomic E-state index is 5.98. The van der Waals surface area contributed by atoms with Crippen LogP contribution in [-0.2, 0) is 16.6 Å². The molecule has 0 amide bonds. The van der Waals surface area contributed by atoms with Crippen LogP contribution in [0.1, 0.15) is 31.4 Å². The summed E-state index contributed by atoms with van der Waals surface area (Å²) in [6, 6.07) is 6.50. The first-order valence-corrected chi connectivity index (χ1v) is 7.17. The average molecular weight is 263 g/mol. The van der Waals surface area contributed by atoms with E-state index < -0.39 is 0 Å². The molecule has 1 aromatic rings. The Morgan fingerprint density at radius 1 is 1.37 bits per heavy atom. The van der Waals surface area contributed by atoms with E-state index in [1.807, 2.05) is 0 Å². The number of aryl methyl sites for hydroxylation is 1. The summed E-state index contributed by atoms with van der Waals surface area (Å²) in [7, 11) is 1.74. The van der Waals surface area contributed by atoms with Crippen molar-refractivity contribution in [3.05, 3.63) is 29.3 Å². The zero-order chi connectivity index (χ0) is 13.9. The maximum Gasteiger partial charge on any atom is 0.122 e. The van der Waals surface area contributed by atoms with Gasteiger partial charge in [-0.3, -0.25) is 0 Å². The van der Waals surface area contributed by atoms with Crippen LogP contribution in [0.4, 0.5) is 0 Å². The molecule has 0 aliphatic carbocycles. The van der Waals surface area contributed by atoms with Gasteiger partial charge in [-0.25, -0.2) is 0 Å². The van der Waals surface area contributed by atoms with Gasteiger partial charge in [0.1, 0.15) is 5.75 Å². The third kappa shape index (κ3) is 2.37. The van der Waals surface area contributed by atoms with Gasteiger partial charge in [-0.05, 0) is 30.5 Å². The highest BCUT2D eigenvalue weighted by molar-refractivity contribution is 5.44. The van der Waals surface area contributed by atoms with Crippen LogP contribution in [-0.4, -0.2) is 26.9 Å². The fourth-order valence-corrected chi connectivity index (χ4v) is 3.08. The van der Waals surface area contributed by atoms with Crippen molar-refractivity contribution in [2.24, 2.45) is 11.7 Å². The highest BCUT2D eigenvalue weighted by atomic mass is 16.5. The van der Waals surface area contributed by atoms with Crippen molar-refractivity contribution in [3.8, 4) is 5.75 Å². The van der Waals surface area contributed by atoms with E-state index in [9.17, 15) is 0 Å². The lowest BCUT2D eigenvalue weighted by molar-refractivity contribution is -0.0906. The van der Waals surface area contributed by atoms with Crippen molar-refractivity contribution in [2.45, 2.75) is 32.1 Å². The summed E-state index contributed by atoms with van der Waals surface area (Å²) in [6.07, 6.45) is 2.10. The van der Waals surface area contributed by atoms with Gasteiger partial charge in [-0.2, -0.15) is 0 Å². The number of methoxy groups -OCH3 is 1. The minimum Gasteiger partial charge on any atom is -0.496 e. The number of nitrogens with two attached hydrogens (primary N) is 1. The summed E-state index contributed by atoms with van der Waals surface area (Å²) in [6.45, 7) is 6.58. The Bertz CT molecular complexity index is 423. The molecule has 0 bridgehead atoms. The standard InChI is InChI=1S/C16H25NO2/c1-4-12-6-7-15(18-3)14(8-12)16(10-19-11-16)13(5-2)9-17/h6-8,13H,4-5,9-11,17H2,1-3H3. The zero-order valence-electron chi connectivity index (χ0n) is 12.2. The summed E-state index contributed by atoms with van der Waals surface area (Å²) < 4.78 is 11.1. The van der Waals surface area contributed by atoms with Crippen molar-refractivity contribution in [1.82, 2.24) is 0 Å². The summed E-state index contributed by atoms with van der Waals surface area (Å²) >= 11 is 0. The molecule has 1 aliphatic rings. The van der Waals surface area contributed by atoms with Crippen LogP contribution in [0.25, 0.3) is 0 Å². The molecule has 1 heterocycles. The fraction of sp³-hybridized carbons (Fsp3) is 0.625. The van der Waals surface area contributed by atoms with Gasteiger partial charge < -0.3 is 15.2 Å². The lowest BCUT2D eigenvalue weighted by atomic mass is 9.67. The third-order valence-electron chi connectivity index (χ3n) is 4.49. The van der Waals surface area contributed by atoms with Gasteiger partial charge in [0.25, 0.3) is 0 Å². The van der Waals surface area contributed by atoms with Gasteiger partial charge >= 0.3 is 0 Å². The van der Waals surface area contributed by atoms with Crippen molar-refractivity contribution in [1.29, 1.82) is 0 Å².